The molecule has 2 heteroatoms. The van der Waals surface area contributed by atoms with E-state index in [1.165, 1.54) is 17.7 Å². The van der Waals surface area contributed by atoms with Gasteiger partial charge in [-0.3, -0.25) is 0 Å². The Kier molecular flexibility index (Phi) is 6.54. The van der Waals surface area contributed by atoms with E-state index in [1.54, 1.807) is 0 Å². The van der Waals surface area contributed by atoms with Gasteiger partial charge in [-0.1, -0.05) is 37.3 Å². The second-order valence-electron chi connectivity index (χ2n) is 3.29. The van der Waals surface area contributed by atoms with E-state index in [0.717, 1.165) is 18.8 Å². The normalized spacial score (nSPS) is 10.4. The number of rotatable bonds is 7. The second kappa shape index (κ2) is 7.89. The fourth-order valence-electron chi connectivity index (χ4n) is 1.24. The van der Waals surface area contributed by atoms with Gasteiger partial charge >= 0.3 is 0 Å². The van der Waals surface area contributed by atoms with E-state index >= 15 is 0 Å². The minimum atomic E-state index is 1.08. The summed E-state index contributed by atoms with van der Waals surface area (Å²) < 4.78 is 0. The molecular weight excluding hydrogens is 190 g/mol. The van der Waals surface area contributed by atoms with E-state index in [9.17, 15) is 0 Å². The minimum Gasteiger partial charge on any atom is -0.308 e. The maximum Gasteiger partial charge on any atom is 0.0417 e. The van der Waals surface area contributed by atoms with Crippen molar-refractivity contribution in [2.75, 3.05) is 18.2 Å². The molecule has 0 aromatic heterocycles. The maximum atomic E-state index is 3.43. The van der Waals surface area contributed by atoms with Crippen LogP contribution in [0, 0.1) is 0 Å². The molecule has 0 radical (unpaired) electrons. The molecule has 0 bridgehead atoms. The lowest BCUT2D eigenvalue weighted by atomic mass is 10.2. The summed E-state index contributed by atoms with van der Waals surface area (Å²) in [6.07, 6.45) is 2.40. The van der Waals surface area contributed by atoms with Crippen molar-refractivity contribution in [1.82, 2.24) is 5.32 Å². The Morgan fingerprint density at radius 1 is 1.21 bits per heavy atom. The van der Waals surface area contributed by atoms with Crippen molar-refractivity contribution in [3.8, 4) is 0 Å². The molecular formula is C12H19NS. The molecule has 0 spiro atoms. The first-order valence-electron chi connectivity index (χ1n) is 5.26. The molecule has 0 saturated carbocycles. The average molecular weight is 209 g/mol. The van der Waals surface area contributed by atoms with Gasteiger partial charge in [-0.2, -0.15) is 0 Å². The Bertz CT molecular complexity index is 223. The summed E-state index contributed by atoms with van der Waals surface area (Å²) in [5.74, 6) is 2.35. The fraction of sp³-hybridized carbons (Fsp3) is 0.500. The van der Waals surface area contributed by atoms with Gasteiger partial charge in [-0.15, -0.1) is 11.8 Å². The number of benzene rings is 1. The number of thioether (sulfide) groups is 1. The molecule has 0 amide bonds. The van der Waals surface area contributed by atoms with Crippen molar-refractivity contribution in [2.45, 2.75) is 19.8 Å². The summed E-state index contributed by atoms with van der Waals surface area (Å²) in [5.41, 5.74) is 1.42. The molecule has 0 atom stereocenters. The smallest absolute Gasteiger partial charge is 0.0417 e. The number of hydrogen-bond acceptors (Lipinski definition) is 2. The van der Waals surface area contributed by atoms with E-state index in [4.69, 9.17) is 0 Å². The van der Waals surface area contributed by atoms with Gasteiger partial charge in [-0.25, -0.2) is 0 Å². The van der Waals surface area contributed by atoms with Gasteiger partial charge in [0.1, 0.15) is 0 Å². The molecule has 78 valence electrons. The van der Waals surface area contributed by atoms with Gasteiger partial charge in [-0.05, 0) is 30.7 Å². The molecule has 0 fully saturated rings. The van der Waals surface area contributed by atoms with Crippen LogP contribution in [0.25, 0.3) is 0 Å². The van der Waals surface area contributed by atoms with Crippen LogP contribution in [0.4, 0.5) is 0 Å². The molecule has 0 aliphatic carbocycles. The molecule has 0 unspecified atom stereocenters. The van der Waals surface area contributed by atoms with E-state index in [2.05, 4.69) is 42.6 Å². The summed E-state index contributed by atoms with van der Waals surface area (Å²) in [7, 11) is 0. The first-order valence-corrected chi connectivity index (χ1v) is 6.41. The molecule has 1 aromatic carbocycles. The SMILES string of the molecule is CCCSCNCCc1ccccc1. The van der Waals surface area contributed by atoms with Crippen LogP contribution in [0.2, 0.25) is 0 Å². The third-order valence-corrected chi connectivity index (χ3v) is 3.09. The topological polar surface area (TPSA) is 12.0 Å². The third-order valence-electron chi connectivity index (χ3n) is 1.99. The quantitative estimate of drug-likeness (QED) is 0.547. The Hall–Kier alpha value is -0.470. The van der Waals surface area contributed by atoms with Crippen molar-refractivity contribution < 1.29 is 0 Å². The molecule has 1 nitrogen and oxygen atoms in total. The number of hydrogen-bond donors (Lipinski definition) is 1. The van der Waals surface area contributed by atoms with E-state index in [-0.39, 0.29) is 0 Å². The first-order chi connectivity index (χ1) is 6.93. The van der Waals surface area contributed by atoms with E-state index in [0.29, 0.717) is 0 Å². The Morgan fingerprint density at radius 3 is 2.71 bits per heavy atom. The van der Waals surface area contributed by atoms with Crippen molar-refractivity contribution in [3.05, 3.63) is 35.9 Å². The van der Waals surface area contributed by atoms with Crippen LogP contribution in [0.3, 0.4) is 0 Å². The summed E-state index contributed by atoms with van der Waals surface area (Å²) in [6.45, 7) is 3.30. The van der Waals surface area contributed by atoms with Crippen molar-refractivity contribution in [3.63, 3.8) is 0 Å². The molecule has 1 N–H and O–H groups in total. The van der Waals surface area contributed by atoms with Crippen LogP contribution in [-0.4, -0.2) is 18.2 Å². The zero-order valence-electron chi connectivity index (χ0n) is 8.83. The van der Waals surface area contributed by atoms with Crippen molar-refractivity contribution in [1.29, 1.82) is 0 Å². The highest BCUT2D eigenvalue weighted by Gasteiger charge is 1.90. The predicted molar refractivity (Wildman–Crippen MR) is 65.8 cm³/mol. The molecule has 0 saturated heterocycles. The van der Waals surface area contributed by atoms with Gasteiger partial charge in [0.15, 0.2) is 0 Å². The van der Waals surface area contributed by atoms with Crippen LogP contribution in [-0.2, 0) is 6.42 Å². The van der Waals surface area contributed by atoms with Crippen LogP contribution in [0.15, 0.2) is 30.3 Å². The predicted octanol–water partition coefficient (Wildman–Crippen LogP) is 2.92. The maximum absolute atomic E-state index is 3.43. The third kappa shape index (κ3) is 5.30. The van der Waals surface area contributed by atoms with Gasteiger partial charge < -0.3 is 5.32 Å². The number of nitrogens with one attached hydrogen (secondary N) is 1. The second-order valence-corrected chi connectivity index (χ2v) is 4.39. The lowest BCUT2D eigenvalue weighted by Crippen LogP contribution is -2.16. The first kappa shape index (κ1) is 11.6. The molecule has 0 aliphatic heterocycles. The van der Waals surface area contributed by atoms with Crippen LogP contribution < -0.4 is 5.32 Å². The summed E-state index contributed by atoms with van der Waals surface area (Å²) in [6, 6.07) is 10.6. The zero-order chi connectivity index (χ0) is 10.1. The minimum absolute atomic E-state index is 1.08. The van der Waals surface area contributed by atoms with Crippen LogP contribution in [0.5, 0.6) is 0 Å². The van der Waals surface area contributed by atoms with Gasteiger partial charge in [0.25, 0.3) is 0 Å². The highest BCUT2D eigenvalue weighted by atomic mass is 32.2. The van der Waals surface area contributed by atoms with Crippen molar-refractivity contribution >= 4 is 11.8 Å². The van der Waals surface area contributed by atoms with Crippen LogP contribution >= 0.6 is 11.8 Å². The summed E-state index contributed by atoms with van der Waals surface area (Å²) in [4.78, 5) is 0. The van der Waals surface area contributed by atoms with Gasteiger partial charge in [0.05, 0.1) is 0 Å². The molecule has 14 heavy (non-hydrogen) atoms. The molecule has 1 aromatic rings. The lowest BCUT2D eigenvalue weighted by Gasteiger charge is -2.03. The molecule has 0 aliphatic rings. The van der Waals surface area contributed by atoms with E-state index in [1.807, 2.05) is 11.8 Å². The lowest BCUT2D eigenvalue weighted by molar-refractivity contribution is 0.774. The van der Waals surface area contributed by atoms with Crippen molar-refractivity contribution in [2.24, 2.45) is 0 Å². The standard InChI is InChI=1S/C12H19NS/c1-2-10-14-11-13-9-8-12-6-4-3-5-7-12/h3-7,13H,2,8-11H2,1H3. The Labute approximate surface area is 91.3 Å². The highest BCUT2D eigenvalue weighted by Crippen LogP contribution is 2.00. The summed E-state index contributed by atoms with van der Waals surface area (Å²) in [5, 5.41) is 3.43. The molecule has 0 heterocycles. The zero-order valence-corrected chi connectivity index (χ0v) is 9.65. The molecule has 1 rings (SSSR count). The average Bonchev–Trinajstić information content (AvgIpc) is 2.25. The highest BCUT2D eigenvalue weighted by molar-refractivity contribution is 7.99. The Morgan fingerprint density at radius 2 is 2.00 bits per heavy atom. The van der Waals surface area contributed by atoms with E-state index < -0.39 is 0 Å². The largest absolute Gasteiger partial charge is 0.308 e. The fourth-order valence-corrected chi connectivity index (χ4v) is 1.96. The van der Waals surface area contributed by atoms with Gasteiger partial charge in [0, 0.05) is 5.88 Å². The van der Waals surface area contributed by atoms with Gasteiger partial charge in [0.2, 0.25) is 0 Å². The monoisotopic (exact) mass is 209 g/mol. The Balaban J connectivity index is 1.99. The van der Waals surface area contributed by atoms with Crippen LogP contribution in [0.1, 0.15) is 18.9 Å². The summed E-state index contributed by atoms with van der Waals surface area (Å²) >= 11 is 1.98.